The fourth-order valence-electron chi connectivity index (χ4n) is 4.26. The zero-order chi connectivity index (χ0) is 18.0. The van der Waals surface area contributed by atoms with Crippen LogP contribution in [0.15, 0.2) is 60.7 Å². The number of hydrogen-bond donors (Lipinski definition) is 2. The van der Waals surface area contributed by atoms with Crippen LogP contribution in [0, 0.1) is 0 Å². The van der Waals surface area contributed by atoms with Crippen molar-refractivity contribution in [1.29, 1.82) is 0 Å². The summed E-state index contributed by atoms with van der Waals surface area (Å²) in [6.07, 6.45) is 5.95. The molecule has 0 radical (unpaired) electrons. The van der Waals surface area contributed by atoms with E-state index < -0.39 is 0 Å². The zero-order valence-electron chi connectivity index (χ0n) is 14.8. The van der Waals surface area contributed by atoms with Crippen LogP contribution in [0.1, 0.15) is 43.2 Å². The van der Waals surface area contributed by atoms with E-state index >= 15 is 0 Å². The molecule has 4 rings (SSSR count). The van der Waals surface area contributed by atoms with E-state index in [-0.39, 0.29) is 5.54 Å². The first-order valence-electron chi connectivity index (χ1n) is 9.39. The molecule has 0 saturated heterocycles. The number of phenolic OH excluding ortho intramolecular Hbond substituents is 1. The van der Waals surface area contributed by atoms with Gasteiger partial charge in [0.2, 0.25) is 0 Å². The number of benzene rings is 3. The largest absolute Gasteiger partial charge is 0.508 e. The predicted molar refractivity (Wildman–Crippen MR) is 109 cm³/mol. The van der Waals surface area contributed by atoms with Crippen LogP contribution in [0.4, 0.5) is 0 Å². The summed E-state index contributed by atoms with van der Waals surface area (Å²) in [4.78, 5) is 0. The first kappa shape index (κ1) is 17.4. The lowest BCUT2D eigenvalue weighted by molar-refractivity contribution is 0.231. The van der Waals surface area contributed by atoms with Crippen LogP contribution in [0.5, 0.6) is 5.75 Å². The molecule has 134 valence electrons. The number of fused-ring (bicyclic) bond motifs is 1. The van der Waals surface area contributed by atoms with Gasteiger partial charge in [-0.1, -0.05) is 73.3 Å². The quantitative estimate of drug-likeness (QED) is 0.581. The highest BCUT2D eigenvalue weighted by atomic mass is 35.5. The Kier molecular flexibility index (Phi) is 4.88. The van der Waals surface area contributed by atoms with Gasteiger partial charge >= 0.3 is 0 Å². The Morgan fingerprint density at radius 3 is 2.38 bits per heavy atom. The second-order valence-electron chi connectivity index (χ2n) is 7.29. The summed E-state index contributed by atoms with van der Waals surface area (Å²) in [6, 6.07) is 20.3. The van der Waals surface area contributed by atoms with Crippen LogP contribution in [0.2, 0.25) is 5.02 Å². The molecule has 1 aliphatic carbocycles. The molecule has 3 aromatic carbocycles. The number of phenols is 1. The van der Waals surface area contributed by atoms with Crippen molar-refractivity contribution in [2.24, 2.45) is 0 Å². The predicted octanol–water partition coefficient (Wildman–Crippen LogP) is 6.15. The first-order valence-corrected chi connectivity index (χ1v) is 9.76. The van der Waals surface area contributed by atoms with Crippen molar-refractivity contribution in [1.82, 2.24) is 5.32 Å². The minimum Gasteiger partial charge on any atom is -0.508 e. The molecule has 0 bridgehead atoms. The highest BCUT2D eigenvalue weighted by Gasteiger charge is 2.33. The molecule has 0 atom stereocenters. The summed E-state index contributed by atoms with van der Waals surface area (Å²) in [5.41, 5.74) is 2.22. The van der Waals surface area contributed by atoms with Gasteiger partial charge < -0.3 is 10.4 Å². The Balaban J connectivity index is 1.67. The molecule has 0 aliphatic heterocycles. The minimum absolute atomic E-state index is 0.0494. The molecule has 0 unspecified atom stereocenters. The third kappa shape index (κ3) is 3.32. The van der Waals surface area contributed by atoms with Crippen molar-refractivity contribution in [2.45, 2.75) is 44.2 Å². The zero-order valence-corrected chi connectivity index (χ0v) is 15.6. The number of aromatic hydroxyl groups is 1. The Morgan fingerprint density at radius 1 is 0.885 bits per heavy atom. The second kappa shape index (κ2) is 7.30. The maximum absolute atomic E-state index is 10.5. The number of nitrogens with one attached hydrogen (secondary N) is 1. The molecule has 1 saturated carbocycles. The summed E-state index contributed by atoms with van der Waals surface area (Å²) in [7, 11) is 0. The van der Waals surface area contributed by atoms with Gasteiger partial charge in [-0.3, -0.25) is 0 Å². The highest BCUT2D eigenvalue weighted by Crippen LogP contribution is 2.38. The standard InChI is InChI=1S/C23H24ClNO/c24-19-11-9-18(10-12-19)23(14-4-1-5-15-23)25-16-21-20-7-3-2-6-17(20)8-13-22(21)26/h2-3,6-13,25-26H,1,4-5,14-16H2. The third-order valence-corrected chi connectivity index (χ3v) is 5.98. The van der Waals surface area contributed by atoms with Gasteiger partial charge in [-0.25, -0.2) is 0 Å². The average Bonchev–Trinajstić information content (AvgIpc) is 2.68. The summed E-state index contributed by atoms with van der Waals surface area (Å²) >= 11 is 6.10. The van der Waals surface area contributed by atoms with Gasteiger partial charge in [-0.2, -0.15) is 0 Å². The molecule has 3 heteroatoms. The number of hydrogen-bond acceptors (Lipinski definition) is 2. The number of halogens is 1. The van der Waals surface area contributed by atoms with E-state index in [1.165, 1.54) is 24.8 Å². The van der Waals surface area contributed by atoms with Gasteiger partial charge in [0.15, 0.2) is 0 Å². The van der Waals surface area contributed by atoms with Gasteiger partial charge in [0.25, 0.3) is 0 Å². The monoisotopic (exact) mass is 365 g/mol. The molecule has 1 fully saturated rings. The van der Waals surface area contributed by atoms with Crippen LogP contribution >= 0.6 is 11.6 Å². The molecule has 0 heterocycles. The van der Waals surface area contributed by atoms with Crippen molar-refractivity contribution in [3.05, 3.63) is 76.8 Å². The van der Waals surface area contributed by atoms with Crippen LogP contribution in [-0.2, 0) is 12.1 Å². The molecule has 0 amide bonds. The molecule has 3 aromatic rings. The Hall–Kier alpha value is -2.03. The molecular formula is C23H24ClNO. The summed E-state index contributed by atoms with van der Waals surface area (Å²) in [5.74, 6) is 0.360. The van der Waals surface area contributed by atoms with Crippen LogP contribution < -0.4 is 5.32 Å². The minimum atomic E-state index is -0.0494. The maximum atomic E-state index is 10.5. The van der Waals surface area contributed by atoms with E-state index in [2.05, 4.69) is 29.6 Å². The SMILES string of the molecule is Oc1ccc2ccccc2c1CNC1(c2ccc(Cl)cc2)CCCCC1. The lowest BCUT2D eigenvalue weighted by Gasteiger charge is -2.39. The average molecular weight is 366 g/mol. The van der Waals surface area contributed by atoms with E-state index in [1.54, 1.807) is 6.07 Å². The van der Waals surface area contributed by atoms with Crippen LogP contribution in [0.25, 0.3) is 10.8 Å². The molecule has 2 N–H and O–H groups in total. The first-order chi connectivity index (χ1) is 12.7. The van der Waals surface area contributed by atoms with Crippen molar-refractivity contribution in [2.75, 3.05) is 0 Å². The molecule has 1 aliphatic rings. The summed E-state index contributed by atoms with van der Waals surface area (Å²) in [6.45, 7) is 0.649. The molecule has 0 spiro atoms. The third-order valence-electron chi connectivity index (χ3n) is 5.72. The van der Waals surface area contributed by atoms with E-state index in [1.807, 2.05) is 30.3 Å². The summed E-state index contributed by atoms with van der Waals surface area (Å²) in [5, 5.41) is 17.3. The lowest BCUT2D eigenvalue weighted by atomic mass is 9.76. The van der Waals surface area contributed by atoms with Gasteiger partial charge in [0.05, 0.1) is 0 Å². The van der Waals surface area contributed by atoms with E-state index in [0.717, 1.165) is 34.2 Å². The van der Waals surface area contributed by atoms with Gasteiger partial charge in [0.1, 0.15) is 5.75 Å². The van der Waals surface area contributed by atoms with Gasteiger partial charge in [0, 0.05) is 22.7 Å². The Bertz CT molecular complexity index is 898. The van der Waals surface area contributed by atoms with E-state index in [4.69, 9.17) is 11.6 Å². The van der Waals surface area contributed by atoms with Crippen molar-refractivity contribution in [3.8, 4) is 5.75 Å². The fraction of sp³-hybridized carbons (Fsp3) is 0.304. The normalized spacial score (nSPS) is 16.7. The van der Waals surface area contributed by atoms with Crippen molar-refractivity contribution < 1.29 is 5.11 Å². The highest BCUT2D eigenvalue weighted by molar-refractivity contribution is 6.30. The smallest absolute Gasteiger partial charge is 0.120 e. The summed E-state index contributed by atoms with van der Waals surface area (Å²) < 4.78 is 0. The Morgan fingerprint density at radius 2 is 1.62 bits per heavy atom. The van der Waals surface area contributed by atoms with E-state index in [0.29, 0.717) is 12.3 Å². The van der Waals surface area contributed by atoms with Gasteiger partial charge in [-0.15, -0.1) is 0 Å². The Labute approximate surface area is 159 Å². The van der Waals surface area contributed by atoms with Crippen molar-refractivity contribution >= 4 is 22.4 Å². The van der Waals surface area contributed by atoms with E-state index in [9.17, 15) is 5.11 Å². The molecule has 26 heavy (non-hydrogen) atoms. The maximum Gasteiger partial charge on any atom is 0.120 e. The topological polar surface area (TPSA) is 32.3 Å². The van der Waals surface area contributed by atoms with Crippen LogP contribution in [0.3, 0.4) is 0 Å². The molecule has 0 aromatic heterocycles. The van der Waals surface area contributed by atoms with Crippen LogP contribution in [-0.4, -0.2) is 5.11 Å². The molecule has 2 nitrogen and oxygen atoms in total. The second-order valence-corrected chi connectivity index (χ2v) is 7.72. The lowest BCUT2D eigenvalue weighted by Crippen LogP contribution is -2.43. The fourth-order valence-corrected chi connectivity index (χ4v) is 4.39. The van der Waals surface area contributed by atoms with Crippen molar-refractivity contribution in [3.63, 3.8) is 0 Å². The molecular weight excluding hydrogens is 342 g/mol. The van der Waals surface area contributed by atoms with Gasteiger partial charge in [-0.05, 0) is 47.4 Å². The number of rotatable bonds is 4.